The number of aromatic nitrogens is 8. The normalized spacial score (nSPS) is 18.1. The topological polar surface area (TPSA) is 150 Å². The average molecular weight is 676 g/mol. The lowest BCUT2D eigenvalue weighted by molar-refractivity contribution is -0.141. The van der Waals surface area contributed by atoms with Crippen LogP contribution >= 0.6 is 11.6 Å². The van der Waals surface area contributed by atoms with Crippen LogP contribution in [0.25, 0.3) is 28.2 Å². The number of amides is 1. The number of alkyl halides is 3. The number of hydrogen-bond donors (Lipinski definition) is 1. The SMILES string of the molecule is C[C@@H]1CCC[C@H](n2cnc(-c3cc(Cl)ccc3-n3cc(C(F)(F)F)nn3)cc2=O)c2cc(ccn2)-c2nn(C3=NC=NC3)cc2NC1=O. The van der Waals surface area contributed by atoms with Crippen molar-refractivity contribution < 1.29 is 18.0 Å². The van der Waals surface area contributed by atoms with Crippen LogP contribution in [0.15, 0.2) is 76.1 Å². The van der Waals surface area contributed by atoms with E-state index < -0.39 is 23.5 Å². The van der Waals surface area contributed by atoms with Gasteiger partial charge in [-0.2, -0.15) is 18.3 Å². The van der Waals surface area contributed by atoms with E-state index in [4.69, 9.17) is 16.7 Å². The number of aliphatic imine (C=N–C) groups is 2. The summed E-state index contributed by atoms with van der Waals surface area (Å²) in [4.78, 5) is 44.5. The smallest absolute Gasteiger partial charge is 0.323 e. The number of pyridine rings is 1. The molecule has 4 aromatic heterocycles. The number of carbonyl (C=O) groups is 1. The van der Waals surface area contributed by atoms with E-state index in [0.717, 1.165) is 10.9 Å². The maximum atomic E-state index is 13.8. The fraction of sp³-hybridized carbons (Fsp3) is 0.258. The molecule has 0 fully saturated rings. The second kappa shape index (κ2) is 12.3. The summed E-state index contributed by atoms with van der Waals surface area (Å²) in [6, 6.07) is 8.78. The fourth-order valence-corrected chi connectivity index (χ4v) is 5.81. The molecule has 0 radical (unpaired) electrons. The lowest BCUT2D eigenvalue weighted by atomic mass is 9.97. The van der Waals surface area contributed by atoms with Gasteiger partial charge in [-0.25, -0.2) is 19.3 Å². The van der Waals surface area contributed by atoms with Crippen LogP contribution < -0.4 is 10.9 Å². The molecule has 0 unspecified atom stereocenters. The molecular formula is C31H25ClF3N11O2. The summed E-state index contributed by atoms with van der Waals surface area (Å²) in [5.74, 6) is 0.0985. The number of fused-ring (bicyclic) bond motifs is 4. The van der Waals surface area contributed by atoms with Crippen molar-refractivity contribution in [1.82, 2.24) is 39.3 Å². The van der Waals surface area contributed by atoms with Crippen LogP contribution in [0.2, 0.25) is 5.02 Å². The molecule has 0 saturated heterocycles. The maximum Gasteiger partial charge on any atom is 0.436 e. The Labute approximate surface area is 274 Å². The first-order valence-electron chi connectivity index (χ1n) is 14.9. The zero-order valence-electron chi connectivity index (χ0n) is 25.1. The van der Waals surface area contributed by atoms with Crippen molar-refractivity contribution in [3.8, 4) is 28.2 Å². The van der Waals surface area contributed by atoms with E-state index in [1.807, 2.05) is 13.0 Å². The molecule has 0 spiro atoms. The van der Waals surface area contributed by atoms with Gasteiger partial charge in [0.1, 0.15) is 18.6 Å². The molecule has 1 aromatic carbocycles. The largest absolute Gasteiger partial charge is 0.436 e. The summed E-state index contributed by atoms with van der Waals surface area (Å²) in [7, 11) is 0. The number of anilines is 1. The predicted molar refractivity (Wildman–Crippen MR) is 170 cm³/mol. The van der Waals surface area contributed by atoms with E-state index in [1.54, 1.807) is 23.1 Å². The highest BCUT2D eigenvalue weighted by Crippen LogP contribution is 2.34. The Morgan fingerprint density at radius 2 is 1.88 bits per heavy atom. The van der Waals surface area contributed by atoms with Crippen molar-refractivity contribution in [1.29, 1.82) is 0 Å². The summed E-state index contributed by atoms with van der Waals surface area (Å²) in [6.07, 6.45) is 3.81. The molecule has 13 nitrogen and oxygen atoms in total. The van der Waals surface area contributed by atoms with Crippen LogP contribution in [0.5, 0.6) is 0 Å². The molecule has 1 amide bonds. The Morgan fingerprint density at radius 1 is 1.02 bits per heavy atom. The molecule has 48 heavy (non-hydrogen) atoms. The van der Waals surface area contributed by atoms with Crippen molar-refractivity contribution in [2.24, 2.45) is 15.9 Å². The molecule has 5 aromatic rings. The molecule has 2 aliphatic heterocycles. The van der Waals surface area contributed by atoms with E-state index >= 15 is 0 Å². The van der Waals surface area contributed by atoms with Crippen molar-refractivity contribution in [3.63, 3.8) is 0 Å². The van der Waals surface area contributed by atoms with Crippen LogP contribution in [0.3, 0.4) is 0 Å². The molecule has 7 rings (SSSR count). The quantitative estimate of drug-likeness (QED) is 0.281. The molecule has 2 atom stereocenters. The highest BCUT2D eigenvalue weighted by atomic mass is 35.5. The zero-order chi connectivity index (χ0) is 33.6. The van der Waals surface area contributed by atoms with Gasteiger partial charge in [-0.1, -0.05) is 30.2 Å². The first-order valence-corrected chi connectivity index (χ1v) is 15.2. The van der Waals surface area contributed by atoms with Gasteiger partial charge in [-0.3, -0.25) is 24.1 Å². The molecule has 17 heteroatoms. The number of nitrogens with zero attached hydrogens (tertiary/aromatic N) is 10. The third-order valence-electron chi connectivity index (χ3n) is 8.15. The van der Waals surface area contributed by atoms with Crippen molar-refractivity contribution in [2.75, 3.05) is 11.9 Å². The van der Waals surface area contributed by atoms with E-state index in [1.165, 1.54) is 41.5 Å². The molecule has 1 N–H and O–H groups in total. The van der Waals surface area contributed by atoms with Crippen LogP contribution in [0, 0.1) is 5.92 Å². The summed E-state index contributed by atoms with van der Waals surface area (Å²) in [5.41, 5.74) is 1.31. The minimum atomic E-state index is -4.69. The van der Waals surface area contributed by atoms with Crippen molar-refractivity contribution in [2.45, 2.75) is 38.4 Å². The summed E-state index contributed by atoms with van der Waals surface area (Å²) < 4.78 is 43.7. The Bertz CT molecular complexity index is 2170. The monoisotopic (exact) mass is 675 g/mol. The second-order valence-electron chi connectivity index (χ2n) is 11.4. The van der Waals surface area contributed by atoms with Gasteiger partial charge in [0.05, 0.1) is 47.5 Å². The van der Waals surface area contributed by atoms with Gasteiger partial charge in [-0.05, 0) is 43.2 Å². The van der Waals surface area contributed by atoms with E-state index in [0.29, 0.717) is 54.3 Å². The number of hydrogen-bond acceptors (Lipinski definition) is 9. The zero-order valence-corrected chi connectivity index (χ0v) is 25.9. The second-order valence-corrected chi connectivity index (χ2v) is 11.8. The number of nitrogens with one attached hydrogen (secondary N) is 1. The molecule has 6 heterocycles. The highest BCUT2D eigenvalue weighted by molar-refractivity contribution is 6.31. The van der Waals surface area contributed by atoms with Gasteiger partial charge in [0.15, 0.2) is 11.5 Å². The third-order valence-corrected chi connectivity index (χ3v) is 8.39. The lowest BCUT2D eigenvalue weighted by Crippen LogP contribution is -2.27. The van der Waals surface area contributed by atoms with Crippen molar-refractivity contribution in [3.05, 3.63) is 88.1 Å². The first-order chi connectivity index (χ1) is 23.0. The predicted octanol–water partition coefficient (Wildman–Crippen LogP) is 5.06. The number of rotatable bonds is 3. The van der Waals surface area contributed by atoms with Crippen LogP contribution in [-0.2, 0) is 11.0 Å². The minimum absolute atomic E-state index is 0.165. The molecule has 2 bridgehead atoms. The van der Waals surface area contributed by atoms with Gasteiger partial charge in [0.25, 0.3) is 5.56 Å². The fourth-order valence-electron chi connectivity index (χ4n) is 5.64. The minimum Gasteiger partial charge on any atom is -0.323 e. The number of benzene rings is 1. The first kappa shape index (κ1) is 31.1. The standard InChI is InChI=1S/C31H25ClF3N11O2/c1-17-3-2-4-25(22-9-18(7-8-37-22)29-23(40-30(17)48)13-46(42-29)27-12-36-15-38-27)44-16-39-21(11-28(44)47)20-10-19(32)5-6-24(20)45-14-26(41-43-45)31(33,34)35/h5-11,13-17,25H,2-4,12H2,1H3,(H,40,48)/t17-,25+/m1/s1. The summed E-state index contributed by atoms with van der Waals surface area (Å²) in [6.45, 7) is 2.19. The van der Waals surface area contributed by atoms with Gasteiger partial charge in [-0.15, -0.1) is 5.10 Å². The van der Waals surface area contributed by atoms with Crippen molar-refractivity contribution >= 4 is 35.4 Å². The molecule has 244 valence electrons. The summed E-state index contributed by atoms with van der Waals surface area (Å²) in [5, 5.41) is 14.9. The lowest BCUT2D eigenvalue weighted by Gasteiger charge is -2.22. The van der Waals surface area contributed by atoms with E-state index in [2.05, 4.69) is 35.6 Å². The van der Waals surface area contributed by atoms with E-state index in [9.17, 15) is 22.8 Å². The Kier molecular flexibility index (Phi) is 7.94. The Balaban J connectivity index is 1.28. The Morgan fingerprint density at radius 3 is 2.62 bits per heavy atom. The van der Waals surface area contributed by atoms with Gasteiger partial charge < -0.3 is 5.32 Å². The molecular weight excluding hydrogens is 651 g/mol. The molecule has 0 saturated carbocycles. The number of carbonyl (C=O) groups excluding carboxylic acids is 1. The van der Waals surface area contributed by atoms with Gasteiger partial charge in [0, 0.05) is 34.3 Å². The van der Waals surface area contributed by atoms with E-state index in [-0.39, 0.29) is 33.8 Å². The summed E-state index contributed by atoms with van der Waals surface area (Å²) >= 11 is 6.25. The van der Waals surface area contributed by atoms with Gasteiger partial charge in [0.2, 0.25) is 5.91 Å². The Hall–Kier alpha value is -5.51. The third kappa shape index (κ3) is 6.01. The molecule has 2 aliphatic rings. The number of halogens is 4. The maximum absolute atomic E-state index is 13.8. The molecule has 0 aliphatic carbocycles. The van der Waals surface area contributed by atoms with Gasteiger partial charge >= 0.3 is 6.18 Å². The average Bonchev–Trinajstić information content (AvgIpc) is 3.84. The highest BCUT2D eigenvalue weighted by Gasteiger charge is 2.35. The van der Waals surface area contributed by atoms with Crippen LogP contribution in [0.1, 0.15) is 43.6 Å². The van der Waals surface area contributed by atoms with Crippen LogP contribution in [-0.4, -0.2) is 63.9 Å². The van der Waals surface area contributed by atoms with Crippen LogP contribution in [0.4, 0.5) is 18.9 Å².